The van der Waals surface area contributed by atoms with Gasteiger partial charge in [0.2, 0.25) is 11.8 Å². The van der Waals surface area contributed by atoms with Gasteiger partial charge in [0.25, 0.3) is 0 Å². The van der Waals surface area contributed by atoms with Crippen LogP contribution in [0.3, 0.4) is 0 Å². The lowest BCUT2D eigenvalue weighted by molar-refractivity contribution is -0.130. The largest absolute Gasteiger partial charge is 0.341 e. The number of hydrogen-bond acceptors (Lipinski definition) is 3. The summed E-state index contributed by atoms with van der Waals surface area (Å²) < 4.78 is 13.1. The van der Waals surface area contributed by atoms with Crippen LogP contribution < -0.4 is 5.32 Å². The van der Waals surface area contributed by atoms with E-state index in [1.807, 2.05) is 40.9 Å². The zero-order valence-electron chi connectivity index (χ0n) is 16.2. The summed E-state index contributed by atoms with van der Waals surface area (Å²) in [4.78, 5) is 27.0. The zero-order chi connectivity index (χ0) is 20.1. The van der Waals surface area contributed by atoms with E-state index in [0.717, 1.165) is 35.7 Å². The predicted octanol–water partition coefficient (Wildman–Crippen LogP) is 3.86. The van der Waals surface area contributed by atoms with E-state index in [4.69, 9.17) is 0 Å². The van der Waals surface area contributed by atoms with Gasteiger partial charge in [-0.1, -0.05) is 24.3 Å². The number of benzene rings is 2. The Morgan fingerprint density at radius 3 is 2.25 bits per heavy atom. The highest BCUT2D eigenvalue weighted by Crippen LogP contribution is 2.25. The van der Waals surface area contributed by atoms with Gasteiger partial charge in [0, 0.05) is 30.3 Å². The molecule has 1 fully saturated rings. The SMILES string of the molecule is CC(C)(C(=O)Nc1ccc(CC(=O)N2CCSCC2)cc1)c1ccc(F)cc1. The molecule has 2 amide bonds. The Balaban J connectivity index is 1.60. The van der Waals surface area contributed by atoms with Crippen molar-refractivity contribution in [2.45, 2.75) is 25.7 Å². The van der Waals surface area contributed by atoms with E-state index in [0.29, 0.717) is 12.1 Å². The van der Waals surface area contributed by atoms with Gasteiger partial charge in [0.1, 0.15) is 5.82 Å². The summed E-state index contributed by atoms with van der Waals surface area (Å²) in [5, 5.41) is 2.91. The standard InChI is InChI=1S/C22H25FN2O2S/c1-22(2,17-5-7-18(23)8-6-17)21(27)24-19-9-3-16(4-10-19)15-20(26)25-11-13-28-14-12-25/h3-10H,11-15H2,1-2H3,(H,24,27). The molecule has 4 nitrogen and oxygen atoms in total. The number of hydrogen-bond donors (Lipinski definition) is 1. The van der Waals surface area contributed by atoms with Crippen LogP contribution in [0.25, 0.3) is 0 Å². The van der Waals surface area contributed by atoms with Gasteiger partial charge < -0.3 is 10.2 Å². The number of halogens is 1. The van der Waals surface area contributed by atoms with Gasteiger partial charge in [-0.15, -0.1) is 0 Å². The Morgan fingerprint density at radius 1 is 1.04 bits per heavy atom. The molecule has 0 radical (unpaired) electrons. The van der Waals surface area contributed by atoms with Crippen LogP contribution in [0, 0.1) is 5.82 Å². The Hall–Kier alpha value is -2.34. The quantitative estimate of drug-likeness (QED) is 0.829. The average Bonchev–Trinajstić information content (AvgIpc) is 2.70. The van der Waals surface area contributed by atoms with Crippen molar-refractivity contribution < 1.29 is 14.0 Å². The molecule has 1 saturated heterocycles. The molecule has 1 heterocycles. The number of nitrogens with zero attached hydrogens (tertiary/aromatic N) is 1. The van der Waals surface area contributed by atoms with Crippen molar-refractivity contribution >= 4 is 29.3 Å². The molecule has 2 aromatic carbocycles. The van der Waals surface area contributed by atoms with E-state index in [1.165, 1.54) is 12.1 Å². The van der Waals surface area contributed by atoms with Crippen LogP contribution in [0.4, 0.5) is 10.1 Å². The third kappa shape index (κ3) is 4.93. The molecule has 2 aromatic rings. The molecule has 6 heteroatoms. The zero-order valence-corrected chi connectivity index (χ0v) is 17.0. The summed E-state index contributed by atoms with van der Waals surface area (Å²) in [5.41, 5.74) is 1.55. The van der Waals surface area contributed by atoms with E-state index in [2.05, 4.69) is 5.32 Å². The van der Waals surface area contributed by atoms with E-state index < -0.39 is 5.41 Å². The first-order valence-electron chi connectivity index (χ1n) is 9.38. The minimum atomic E-state index is -0.797. The molecular weight excluding hydrogens is 375 g/mol. The molecule has 148 valence electrons. The second-order valence-corrected chi connectivity index (χ2v) is 8.68. The first kappa shape index (κ1) is 20.4. The number of nitrogens with one attached hydrogen (secondary N) is 1. The first-order chi connectivity index (χ1) is 13.4. The van der Waals surface area contributed by atoms with Crippen LogP contribution in [0.2, 0.25) is 0 Å². The second kappa shape index (κ2) is 8.78. The average molecular weight is 401 g/mol. The fraction of sp³-hybridized carbons (Fsp3) is 0.364. The maximum absolute atomic E-state index is 13.1. The van der Waals surface area contributed by atoms with Gasteiger partial charge in [0.15, 0.2) is 0 Å². The Morgan fingerprint density at radius 2 is 1.64 bits per heavy atom. The van der Waals surface area contributed by atoms with E-state index >= 15 is 0 Å². The van der Waals surface area contributed by atoms with E-state index in [-0.39, 0.29) is 17.6 Å². The van der Waals surface area contributed by atoms with Crippen LogP contribution in [0.15, 0.2) is 48.5 Å². The molecule has 28 heavy (non-hydrogen) atoms. The molecule has 0 aliphatic carbocycles. The molecule has 0 spiro atoms. The van der Waals surface area contributed by atoms with Gasteiger partial charge in [-0.3, -0.25) is 9.59 Å². The first-order valence-corrected chi connectivity index (χ1v) is 10.5. The summed E-state index contributed by atoms with van der Waals surface area (Å²) in [6.45, 7) is 5.24. The number of anilines is 1. The number of amides is 2. The minimum Gasteiger partial charge on any atom is -0.341 e. The van der Waals surface area contributed by atoms with Crippen LogP contribution in [0.1, 0.15) is 25.0 Å². The van der Waals surface area contributed by atoms with Crippen molar-refractivity contribution in [3.8, 4) is 0 Å². The maximum Gasteiger partial charge on any atom is 0.234 e. The monoisotopic (exact) mass is 400 g/mol. The molecule has 1 aliphatic rings. The molecular formula is C22H25FN2O2S. The molecule has 3 rings (SSSR count). The Kier molecular flexibility index (Phi) is 6.39. The topological polar surface area (TPSA) is 49.4 Å². The summed E-state index contributed by atoms with van der Waals surface area (Å²) in [5.74, 6) is 1.65. The summed E-state index contributed by atoms with van der Waals surface area (Å²) in [6, 6.07) is 13.3. The van der Waals surface area contributed by atoms with Crippen LogP contribution >= 0.6 is 11.8 Å². The van der Waals surface area contributed by atoms with Crippen molar-refractivity contribution in [2.75, 3.05) is 29.9 Å². The highest BCUT2D eigenvalue weighted by atomic mass is 32.2. The van der Waals surface area contributed by atoms with Crippen molar-refractivity contribution in [3.05, 3.63) is 65.5 Å². The Labute approximate surface area is 169 Å². The lowest BCUT2D eigenvalue weighted by Crippen LogP contribution is -2.38. The molecule has 0 unspecified atom stereocenters. The smallest absolute Gasteiger partial charge is 0.234 e. The van der Waals surface area contributed by atoms with E-state index in [1.54, 1.807) is 26.0 Å². The normalized spacial score (nSPS) is 14.6. The number of carbonyl (C=O) groups is 2. The summed E-state index contributed by atoms with van der Waals surface area (Å²) >= 11 is 1.88. The number of carbonyl (C=O) groups excluding carboxylic acids is 2. The lowest BCUT2D eigenvalue weighted by Gasteiger charge is -2.26. The van der Waals surface area contributed by atoms with Gasteiger partial charge in [-0.05, 0) is 49.2 Å². The summed E-state index contributed by atoms with van der Waals surface area (Å²) in [7, 11) is 0. The van der Waals surface area contributed by atoms with Crippen LogP contribution in [0.5, 0.6) is 0 Å². The molecule has 1 aliphatic heterocycles. The molecule has 0 aromatic heterocycles. The van der Waals surface area contributed by atoms with Crippen LogP contribution in [-0.4, -0.2) is 41.3 Å². The highest BCUT2D eigenvalue weighted by molar-refractivity contribution is 7.99. The fourth-order valence-corrected chi connectivity index (χ4v) is 3.99. The minimum absolute atomic E-state index is 0.148. The third-order valence-electron chi connectivity index (χ3n) is 5.06. The molecule has 0 bridgehead atoms. The van der Waals surface area contributed by atoms with Crippen molar-refractivity contribution in [3.63, 3.8) is 0 Å². The maximum atomic E-state index is 13.1. The van der Waals surface area contributed by atoms with Gasteiger partial charge in [-0.2, -0.15) is 11.8 Å². The molecule has 1 N–H and O–H groups in total. The van der Waals surface area contributed by atoms with Gasteiger partial charge >= 0.3 is 0 Å². The van der Waals surface area contributed by atoms with Crippen molar-refractivity contribution in [1.82, 2.24) is 4.90 Å². The van der Waals surface area contributed by atoms with E-state index in [9.17, 15) is 14.0 Å². The third-order valence-corrected chi connectivity index (χ3v) is 6.01. The predicted molar refractivity (Wildman–Crippen MR) is 112 cm³/mol. The molecule has 0 atom stereocenters. The van der Waals surface area contributed by atoms with Crippen molar-refractivity contribution in [2.24, 2.45) is 0 Å². The van der Waals surface area contributed by atoms with Gasteiger partial charge in [-0.25, -0.2) is 4.39 Å². The number of rotatable bonds is 5. The fourth-order valence-electron chi connectivity index (χ4n) is 3.09. The number of thioether (sulfide) groups is 1. The summed E-state index contributed by atoms with van der Waals surface area (Å²) in [6.07, 6.45) is 0.375. The van der Waals surface area contributed by atoms with Gasteiger partial charge in [0.05, 0.1) is 11.8 Å². The Bertz CT molecular complexity index is 829. The van der Waals surface area contributed by atoms with Crippen LogP contribution in [-0.2, 0) is 21.4 Å². The highest BCUT2D eigenvalue weighted by Gasteiger charge is 2.29. The van der Waals surface area contributed by atoms with Crippen molar-refractivity contribution in [1.29, 1.82) is 0 Å². The second-order valence-electron chi connectivity index (χ2n) is 7.45. The lowest BCUT2D eigenvalue weighted by atomic mass is 9.83. The molecule has 0 saturated carbocycles.